The van der Waals surface area contributed by atoms with Gasteiger partial charge in [-0.2, -0.15) is 0 Å². The number of hydrogen-bond donors (Lipinski definition) is 2. The van der Waals surface area contributed by atoms with Gasteiger partial charge in [0.25, 0.3) is 0 Å². The molecule has 3 aromatic rings. The SMILES string of the molecule is O=C(O)c1ccc(-c2ncc(-c3ccc(O)cc3)s2)s1. The highest BCUT2D eigenvalue weighted by Gasteiger charge is 2.12. The molecule has 3 rings (SSSR count). The lowest BCUT2D eigenvalue weighted by Crippen LogP contribution is -1.89. The molecule has 1 aromatic carbocycles. The molecular weight excluding hydrogens is 294 g/mol. The number of carbonyl (C=O) groups is 1. The van der Waals surface area contributed by atoms with Crippen molar-refractivity contribution in [3.63, 3.8) is 0 Å². The van der Waals surface area contributed by atoms with Crippen molar-refractivity contribution in [1.29, 1.82) is 0 Å². The van der Waals surface area contributed by atoms with Crippen molar-refractivity contribution < 1.29 is 15.0 Å². The van der Waals surface area contributed by atoms with E-state index in [9.17, 15) is 9.90 Å². The largest absolute Gasteiger partial charge is 0.508 e. The average molecular weight is 303 g/mol. The number of thiophene rings is 1. The van der Waals surface area contributed by atoms with E-state index >= 15 is 0 Å². The molecule has 0 saturated heterocycles. The smallest absolute Gasteiger partial charge is 0.345 e. The number of hydrogen-bond acceptors (Lipinski definition) is 5. The second kappa shape index (κ2) is 5.07. The van der Waals surface area contributed by atoms with Crippen LogP contribution in [0.5, 0.6) is 5.75 Å². The van der Waals surface area contributed by atoms with E-state index in [1.807, 2.05) is 12.1 Å². The normalized spacial score (nSPS) is 10.6. The van der Waals surface area contributed by atoms with Crippen LogP contribution in [0.3, 0.4) is 0 Å². The summed E-state index contributed by atoms with van der Waals surface area (Å²) in [7, 11) is 0. The summed E-state index contributed by atoms with van der Waals surface area (Å²) >= 11 is 2.71. The van der Waals surface area contributed by atoms with Gasteiger partial charge >= 0.3 is 5.97 Å². The number of aromatic hydroxyl groups is 1. The minimum Gasteiger partial charge on any atom is -0.508 e. The van der Waals surface area contributed by atoms with E-state index in [-0.39, 0.29) is 5.75 Å². The lowest BCUT2D eigenvalue weighted by Gasteiger charge is -1.96. The van der Waals surface area contributed by atoms with E-state index in [4.69, 9.17) is 5.11 Å². The Bertz CT molecular complexity index is 759. The first-order chi connectivity index (χ1) is 9.63. The Hall–Kier alpha value is -2.18. The Labute approximate surface area is 122 Å². The van der Waals surface area contributed by atoms with Crippen LogP contribution in [0.1, 0.15) is 9.67 Å². The van der Waals surface area contributed by atoms with Crippen LogP contribution in [-0.2, 0) is 0 Å². The topological polar surface area (TPSA) is 70.4 Å². The Morgan fingerprint density at radius 3 is 2.40 bits per heavy atom. The minimum atomic E-state index is -0.920. The van der Waals surface area contributed by atoms with E-state index in [2.05, 4.69) is 4.98 Å². The first-order valence-electron chi connectivity index (χ1n) is 5.72. The molecule has 0 atom stereocenters. The van der Waals surface area contributed by atoms with Gasteiger partial charge in [0.05, 0.1) is 9.75 Å². The number of thiazole rings is 1. The predicted octanol–water partition coefficient (Wildman–Crippen LogP) is 3.94. The molecule has 0 aliphatic rings. The fraction of sp³-hybridized carbons (Fsp3) is 0. The molecule has 0 bridgehead atoms. The summed E-state index contributed by atoms with van der Waals surface area (Å²) in [6, 6.07) is 10.3. The molecule has 2 heterocycles. The fourth-order valence-corrected chi connectivity index (χ4v) is 3.54. The van der Waals surface area contributed by atoms with Crippen LogP contribution in [0.15, 0.2) is 42.6 Å². The summed E-state index contributed by atoms with van der Waals surface area (Å²) in [5.41, 5.74) is 0.974. The second-order valence-corrected chi connectivity index (χ2v) is 6.16. The van der Waals surface area contributed by atoms with Crippen LogP contribution in [0.25, 0.3) is 20.3 Å². The van der Waals surface area contributed by atoms with Crippen molar-refractivity contribution in [3.05, 3.63) is 47.5 Å². The number of carboxylic acid groups (broad SMARTS) is 1. The predicted molar refractivity (Wildman–Crippen MR) is 79.5 cm³/mol. The van der Waals surface area contributed by atoms with E-state index in [1.165, 1.54) is 22.7 Å². The van der Waals surface area contributed by atoms with Crippen LogP contribution in [0, 0.1) is 0 Å². The number of phenolic OH excluding ortho intramolecular Hbond substituents is 1. The third kappa shape index (κ3) is 2.43. The number of nitrogens with zero attached hydrogens (tertiary/aromatic N) is 1. The highest BCUT2D eigenvalue weighted by Crippen LogP contribution is 2.35. The van der Waals surface area contributed by atoms with Crippen molar-refractivity contribution in [3.8, 4) is 26.1 Å². The van der Waals surface area contributed by atoms with Crippen LogP contribution in [0.4, 0.5) is 0 Å². The van der Waals surface area contributed by atoms with Gasteiger partial charge in [0.1, 0.15) is 15.6 Å². The van der Waals surface area contributed by atoms with Gasteiger partial charge in [-0.05, 0) is 42.0 Å². The molecule has 0 aliphatic heterocycles. The van der Waals surface area contributed by atoms with Crippen molar-refractivity contribution in [2.45, 2.75) is 0 Å². The fourth-order valence-electron chi connectivity index (χ4n) is 1.71. The zero-order valence-electron chi connectivity index (χ0n) is 10.1. The van der Waals surface area contributed by atoms with Crippen LogP contribution < -0.4 is 0 Å². The number of rotatable bonds is 3. The second-order valence-electron chi connectivity index (χ2n) is 4.05. The number of benzene rings is 1. The number of carboxylic acids is 1. The van der Waals surface area contributed by atoms with E-state index < -0.39 is 5.97 Å². The van der Waals surface area contributed by atoms with Crippen molar-refractivity contribution >= 4 is 28.6 Å². The van der Waals surface area contributed by atoms with Crippen molar-refractivity contribution in [2.24, 2.45) is 0 Å². The molecule has 4 nitrogen and oxygen atoms in total. The molecule has 0 saturated carbocycles. The van der Waals surface area contributed by atoms with Gasteiger partial charge in [-0.3, -0.25) is 0 Å². The third-order valence-electron chi connectivity index (χ3n) is 2.69. The lowest BCUT2D eigenvalue weighted by molar-refractivity contribution is 0.0702. The maximum Gasteiger partial charge on any atom is 0.345 e. The zero-order valence-corrected chi connectivity index (χ0v) is 11.7. The molecule has 0 unspecified atom stereocenters. The van der Waals surface area contributed by atoms with Gasteiger partial charge in [0, 0.05) is 6.20 Å². The Balaban J connectivity index is 1.93. The van der Waals surface area contributed by atoms with E-state index in [1.54, 1.807) is 30.5 Å². The van der Waals surface area contributed by atoms with Gasteiger partial charge < -0.3 is 10.2 Å². The molecular formula is C14H9NO3S2. The van der Waals surface area contributed by atoms with Gasteiger partial charge in [-0.1, -0.05) is 0 Å². The average Bonchev–Trinajstić information content (AvgIpc) is 3.08. The summed E-state index contributed by atoms with van der Waals surface area (Å²) in [4.78, 5) is 17.3. The third-order valence-corrected chi connectivity index (χ3v) is 4.97. The number of aromatic carboxylic acids is 1. The van der Waals surface area contributed by atoms with Gasteiger partial charge in [0.15, 0.2) is 0 Å². The standard InChI is InChI=1S/C14H9NO3S2/c16-9-3-1-8(2-4-9)12-7-15-13(20-12)10-5-6-11(19-10)14(17)18/h1-7,16H,(H,17,18). The maximum atomic E-state index is 10.9. The van der Waals surface area contributed by atoms with Crippen LogP contribution in [-0.4, -0.2) is 21.2 Å². The van der Waals surface area contributed by atoms with Gasteiger partial charge in [-0.15, -0.1) is 22.7 Å². The lowest BCUT2D eigenvalue weighted by atomic mass is 10.2. The van der Waals surface area contributed by atoms with Gasteiger partial charge in [-0.25, -0.2) is 9.78 Å². The summed E-state index contributed by atoms with van der Waals surface area (Å²) in [5.74, 6) is -0.695. The molecule has 2 aromatic heterocycles. The number of phenols is 1. The van der Waals surface area contributed by atoms with E-state index in [0.29, 0.717) is 4.88 Å². The van der Waals surface area contributed by atoms with Crippen LogP contribution in [0.2, 0.25) is 0 Å². The Kier molecular flexibility index (Phi) is 3.25. The van der Waals surface area contributed by atoms with Crippen molar-refractivity contribution in [2.75, 3.05) is 0 Å². The molecule has 0 radical (unpaired) electrons. The van der Waals surface area contributed by atoms with Crippen molar-refractivity contribution in [1.82, 2.24) is 4.98 Å². The minimum absolute atomic E-state index is 0.225. The Morgan fingerprint density at radius 1 is 1.00 bits per heavy atom. The summed E-state index contributed by atoms with van der Waals surface area (Å²) < 4.78 is 0. The molecule has 0 amide bonds. The first-order valence-corrected chi connectivity index (χ1v) is 7.35. The monoisotopic (exact) mass is 303 g/mol. The molecule has 20 heavy (non-hydrogen) atoms. The molecule has 0 fully saturated rings. The maximum absolute atomic E-state index is 10.9. The zero-order chi connectivity index (χ0) is 14.1. The first kappa shape index (κ1) is 12.8. The molecule has 100 valence electrons. The highest BCUT2D eigenvalue weighted by molar-refractivity contribution is 7.24. The molecule has 2 N–H and O–H groups in total. The van der Waals surface area contributed by atoms with E-state index in [0.717, 1.165) is 20.3 Å². The molecule has 6 heteroatoms. The summed E-state index contributed by atoms with van der Waals surface area (Å²) in [6.07, 6.45) is 1.76. The van der Waals surface area contributed by atoms with Crippen LogP contribution >= 0.6 is 22.7 Å². The van der Waals surface area contributed by atoms with Gasteiger partial charge in [0.2, 0.25) is 0 Å². The quantitative estimate of drug-likeness (QED) is 0.768. The Morgan fingerprint density at radius 2 is 1.75 bits per heavy atom. The molecule has 0 spiro atoms. The highest BCUT2D eigenvalue weighted by atomic mass is 32.1. The summed E-state index contributed by atoms with van der Waals surface area (Å²) in [5, 5.41) is 19.0. The summed E-state index contributed by atoms with van der Waals surface area (Å²) in [6.45, 7) is 0. The number of aromatic nitrogens is 1. The molecule has 0 aliphatic carbocycles.